The molecule has 1 aliphatic rings. The summed E-state index contributed by atoms with van der Waals surface area (Å²) < 4.78 is 3.52. The topological polar surface area (TPSA) is 50.1 Å². The maximum Gasteiger partial charge on any atom is 0.0512 e. The van der Waals surface area contributed by atoms with Gasteiger partial charge in [-0.3, -0.25) is 4.72 Å². The molecular formula is C15H17N3S. The zero-order valence-electron chi connectivity index (χ0n) is 10.6. The van der Waals surface area contributed by atoms with Gasteiger partial charge in [-0.2, -0.15) is 0 Å². The monoisotopic (exact) mass is 271 g/mol. The SMILES string of the molecule is Nc1ccc2c(c1)NCC(Cc1ccccc1)NS2. The summed E-state index contributed by atoms with van der Waals surface area (Å²) in [6, 6.07) is 17.0. The van der Waals surface area contributed by atoms with Gasteiger partial charge in [0.15, 0.2) is 0 Å². The molecule has 0 spiro atoms. The van der Waals surface area contributed by atoms with Crippen molar-refractivity contribution in [1.29, 1.82) is 0 Å². The van der Waals surface area contributed by atoms with Crippen molar-refractivity contribution in [3.8, 4) is 0 Å². The molecule has 0 saturated heterocycles. The number of rotatable bonds is 2. The Labute approximate surface area is 117 Å². The second-order valence-electron chi connectivity index (χ2n) is 4.74. The maximum absolute atomic E-state index is 5.82. The third-order valence-corrected chi connectivity index (χ3v) is 4.23. The molecule has 0 saturated carbocycles. The Morgan fingerprint density at radius 1 is 1.16 bits per heavy atom. The van der Waals surface area contributed by atoms with Gasteiger partial charge in [0.25, 0.3) is 0 Å². The van der Waals surface area contributed by atoms with Crippen LogP contribution in [0, 0.1) is 0 Å². The van der Waals surface area contributed by atoms with Crippen molar-refractivity contribution in [3.63, 3.8) is 0 Å². The fourth-order valence-corrected chi connectivity index (χ4v) is 3.05. The van der Waals surface area contributed by atoms with Gasteiger partial charge in [-0.1, -0.05) is 30.3 Å². The molecule has 0 aromatic heterocycles. The fraction of sp³-hybridized carbons (Fsp3) is 0.200. The third-order valence-electron chi connectivity index (χ3n) is 3.20. The van der Waals surface area contributed by atoms with E-state index in [1.807, 2.05) is 12.1 Å². The zero-order valence-corrected chi connectivity index (χ0v) is 11.4. The van der Waals surface area contributed by atoms with Crippen molar-refractivity contribution in [3.05, 3.63) is 54.1 Å². The normalized spacial score (nSPS) is 18.2. The van der Waals surface area contributed by atoms with Crippen LogP contribution < -0.4 is 15.8 Å². The van der Waals surface area contributed by atoms with Crippen molar-refractivity contribution in [2.45, 2.75) is 17.4 Å². The molecule has 3 rings (SSSR count). The standard InChI is InChI=1S/C15H17N3S/c16-12-6-7-15-14(9-12)17-10-13(18-19-15)8-11-4-2-1-3-5-11/h1-7,9,13,17-18H,8,10,16H2. The van der Waals surface area contributed by atoms with E-state index in [0.29, 0.717) is 6.04 Å². The highest BCUT2D eigenvalue weighted by molar-refractivity contribution is 7.97. The molecule has 0 amide bonds. The lowest BCUT2D eigenvalue weighted by Gasteiger charge is -2.15. The molecule has 0 radical (unpaired) electrons. The van der Waals surface area contributed by atoms with Crippen LogP contribution in [0.15, 0.2) is 53.4 Å². The van der Waals surface area contributed by atoms with Crippen LogP contribution in [0.2, 0.25) is 0 Å². The van der Waals surface area contributed by atoms with Crippen LogP contribution >= 0.6 is 11.9 Å². The van der Waals surface area contributed by atoms with E-state index in [9.17, 15) is 0 Å². The zero-order chi connectivity index (χ0) is 13.1. The molecule has 1 unspecified atom stereocenters. The van der Waals surface area contributed by atoms with Gasteiger partial charge in [-0.15, -0.1) is 0 Å². The number of nitrogens with one attached hydrogen (secondary N) is 2. The van der Waals surface area contributed by atoms with Crippen LogP contribution in [-0.2, 0) is 6.42 Å². The first-order chi connectivity index (χ1) is 9.31. The lowest BCUT2D eigenvalue weighted by Crippen LogP contribution is -2.31. The summed E-state index contributed by atoms with van der Waals surface area (Å²) in [4.78, 5) is 1.20. The highest BCUT2D eigenvalue weighted by Gasteiger charge is 2.16. The van der Waals surface area contributed by atoms with Crippen LogP contribution in [0.3, 0.4) is 0 Å². The first-order valence-electron chi connectivity index (χ1n) is 6.41. The Morgan fingerprint density at radius 2 is 2.00 bits per heavy atom. The number of fused-ring (bicyclic) bond motifs is 1. The van der Waals surface area contributed by atoms with E-state index in [2.05, 4.69) is 46.4 Å². The molecular weight excluding hydrogens is 254 g/mol. The summed E-state index contributed by atoms with van der Waals surface area (Å²) in [7, 11) is 0. The van der Waals surface area contributed by atoms with Crippen molar-refractivity contribution in [2.24, 2.45) is 0 Å². The maximum atomic E-state index is 5.82. The van der Waals surface area contributed by atoms with E-state index >= 15 is 0 Å². The highest BCUT2D eigenvalue weighted by Crippen LogP contribution is 2.30. The van der Waals surface area contributed by atoms with Crippen molar-refractivity contribution in [1.82, 2.24) is 4.72 Å². The first-order valence-corrected chi connectivity index (χ1v) is 7.22. The van der Waals surface area contributed by atoms with Crippen LogP contribution in [0.5, 0.6) is 0 Å². The fourth-order valence-electron chi connectivity index (χ4n) is 2.21. The molecule has 2 aromatic rings. The Kier molecular flexibility index (Phi) is 3.62. The second-order valence-corrected chi connectivity index (χ2v) is 5.62. The molecule has 19 heavy (non-hydrogen) atoms. The van der Waals surface area contributed by atoms with E-state index < -0.39 is 0 Å². The Balaban J connectivity index is 1.70. The van der Waals surface area contributed by atoms with Gasteiger partial charge in [-0.05, 0) is 42.1 Å². The predicted octanol–water partition coefficient (Wildman–Crippen LogP) is 2.90. The number of benzene rings is 2. The second kappa shape index (κ2) is 5.55. The van der Waals surface area contributed by atoms with Gasteiger partial charge in [-0.25, -0.2) is 0 Å². The molecule has 2 aromatic carbocycles. The molecule has 4 heteroatoms. The van der Waals surface area contributed by atoms with Gasteiger partial charge in [0.2, 0.25) is 0 Å². The predicted molar refractivity (Wildman–Crippen MR) is 82.3 cm³/mol. The molecule has 0 bridgehead atoms. The van der Waals surface area contributed by atoms with Crippen LogP contribution in [0.25, 0.3) is 0 Å². The van der Waals surface area contributed by atoms with Crippen LogP contribution in [0.4, 0.5) is 11.4 Å². The summed E-state index contributed by atoms with van der Waals surface area (Å²) in [6.45, 7) is 0.901. The molecule has 3 nitrogen and oxygen atoms in total. The average Bonchev–Trinajstić information content (AvgIpc) is 2.63. The highest BCUT2D eigenvalue weighted by atomic mass is 32.2. The minimum absolute atomic E-state index is 0.404. The van der Waals surface area contributed by atoms with E-state index in [1.165, 1.54) is 10.5 Å². The minimum atomic E-state index is 0.404. The first kappa shape index (κ1) is 12.4. The van der Waals surface area contributed by atoms with Crippen LogP contribution in [0.1, 0.15) is 5.56 Å². The number of nitrogens with two attached hydrogens (primary N) is 1. The lowest BCUT2D eigenvalue weighted by atomic mass is 10.1. The molecule has 1 aliphatic heterocycles. The quantitative estimate of drug-likeness (QED) is 0.580. The molecule has 0 fully saturated rings. The van der Waals surface area contributed by atoms with E-state index in [0.717, 1.165) is 24.3 Å². The van der Waals surface area contributed by atoms with Crippen molar-refractivity contribution < 1.29 is 0 Å². The summed E-state index contributed by atoms with van der Waals surface area (Å²) in [6.07, 6.45) is 1.02. The summed E-state index contributed by atoms with van der Waals surface area (Å²) in [5.74, 6) is 0. The number of anilines is 2. The molecule has 4 N–H and O–H groups in total. The minimum Gasteiger partial charge on any atom is -0.399 e. The van der Waals surface area contributed by atoms with Crippen molar-refractivity contribution in [2.75, 3.05) is 17.6 Å². The Morgan fingerprint density at radius 3 is 2.84 bits per heavy atom. The summed E-state index contributed by atoms with van der Waals surface area (Å²) in [5.41, 5.74) is 9.09. The Bertz CT molecular complexity index is 557. The van der Waals surface area contributed by atoms with Gasteiger partial charge >= 0.3 is 0 Å². The van der Waals surface area contributed by atoms with Gasteiger partial charge in [0.1, 0.15) is 0 Å². The van der Waals surface area contributed by atoms with E-state index in [4.69, 9.17) is 5.73 Å². The number of hydrogen-bond donors (Lipinski definition) is 3. The third kappa shape index (κ3) is 3.03. The molecule has 1 atom stereocenters. The van der Waals surface area contributed by atoms with Gasteiger partial charge < -0.3 is 11.1 Å². The van der Waals surface area contributed by atoms with E-state index in [1.54, 1.807) is 11.9 Å². The average molecular weight is 271 g/mol. The summed E-state index contributed by atoms with van der Waals surface area (Å²) in [5, 5.41) is 3.47. The Hall–Kier alpha value is -1.65. The largest absolute Gasteiger partial charge is 0.399 e. The van der Waals surface area contributed by atoms with E-state index in [-0.39, 0.29) is 0 Å². The summed E-state index contributed by atoms with van der Waals surface area (Å²) >= 11 is 1.68. The van der Waals surface area contributed by atoms with Crippen molar-refractivity contribution >= 4 is 23.3 Å². The molecule has 0 aliphatic carbocycles. The smallest absolute Gasteiger partial charge is 0.0512 e. The van der Waals surface area contributed by atoms with Crippen LogP contribution in [-0.4, -0.2) is 12.6 Å². The number of nitrogen functional groups attached to an aromatic ring is 1. The molecule has 1 heterocycles. The molecule has 98 valence electrons. The van der Waals surface area contributed by atoms with Gasteiger partial charge in [0, 0.05) is 23.2 Å². The van der Waals surface area contributed by atoms with Gasteiger partial charge in [0.05, 0.1) is 5.69 Å². The number of hydrogen-bond acceptors (Lipinski definition) is 4. The lowest BCUT2D eigenvalue weighted by molar-refractivity contribution is 0.659.